The largest absolute Gasteiger partial charge is 0.369 e. The number of aryl methyl sites for hydroxylation is 1. The summed E-state index contributed by atoms with van der Waals surface area (Å²) < 4.78 is 0. The lowest BCUT2D eigenvalue weighted by Gasteiger charge is -2.34. The summed E-state index contributed by atoms with van der Waals surface area (Å²) in [5, 5.41) is 0. The molecule has 1 aliphatic rings. The highest BCUT2D eigenvalue weighted by Crippen LogP contribution is 2.39. The van der Waals surface area contributed by atoms with E-state index in [2.05, 4.69) is 31.2 Å². The normalized spacial score (nSPS) is 18.5. The standard InChI is InChI=1S/C16H23NO/c1-2-6-13-7-9-14(10-8-13)16(15(17)18)11-4-3-5-12-16/h7-10H,2-6,11-12H2,1H3,(H2,17,18). The van der Waals surface area contributed by atoms with Crippen molar-refractivity contribution in [2.24, 2.45) is 5.73 Å². The van der Waals surface area contributed by atoms with Crippen LogP contribution in [-0.4, -0.2) is 5.91 Å². The van der Waals surface area contributed by atoms with Crippen LogP contribution >= 0.6 is 0 Å². The highest BCUT2D eigenvalue weighted by molar-refractivity contribution is 5.86. The molecule has 2 heteroatoms. The molecule has 1 aromatic rings. The van der Waals surface area contributed by atoms with E-state index < -0.39 is 5.41 Å². The van der Waals surface area contributed by atoms with Gasteiger partial charge in [-0.05, 0) is 30.4 Å². The Balaban J connectivity index is 2.28. The number of primary amides is 1. The number of rotatable bonds is 4. The Morgan fingerprint density at radius 1 is 1.17 bits per heavy atom. The number of hydrogen-bond acceptors (Lipinski definition) is 1. The maximum absolute atomic E-state index is 11.9. The average Bonchev–Trinajstić information content (AvgIpc) is 2.40. The van der Waals surface area contributed by atoms with E-state index in [-0.39, 0.29) is 5.91 Å². The van der Waals surface area contributed by atoms with Crippen molar-refractivity contribution in [3.05, 3.63) is 35.4 Å². The zero-order valence-electron chi connectivity index (χ0n) is 11.2. The molecular weight excluding hydrogens is 222 g/mol. The van der Waals surface area contributed by atoms with E-state index in [9.17, 15) is 4.79 Å². The van der Waals surface area contributed by atoms with Crippen LogP contribution in [0.1, 0.15) is 56.6 Å². The lowest BCUT2D eigenvalue weighted by atomic mass is 9.69. The van der Waals surface area contributed by atoms with Crippen LogP contribution in [0.25, 0.3) is 0 Å². The summed E-state index contributed by atoms with van der Waals surface area (Å²) in [5.41, 5.74) is 7.76. The molecular formula is C16H23NO. The van der Waals surface area contributed by atoms with Crippen LogP contribution in [0.3, 0.4) is 0 Å². The molecule has 0 unspecified atom stereocenters. The fourth-order valence-electron chi connectivity index (χ4n) is 3.11. The molecule has 0 aliphatic heterocycles. The van der Waals surface area contributed by atoms with Gasteiger partial charge in [0.1, 0.15) is 0 Å². The lowest BCUT2D eigenvalue weighted by Crippen LogP contribution is -2.42. The van der Waals surface area contributed by atoms with Crippen LogP contribution in [0, 0.1) is 0 Å². The second kappa shape index (κ2) is 5.55. The van der Waals surface area contributed by atoms with Gasteiger partial charge in [0.05, 0.1) is 5.41 Å². The van der Waals surface area contributed by atoms with Crippen molar-refractivity contribution >= 4 is 5.91 Å². The topological polar surface area (TPSA) is 43.1 Å². The molecule has 0 radical (unpaired) electrons. The summed E-state index contributed by atoms with van der Waals surface area (Å²) in [7, 11) is 0. The molecule has 1 fully saturated rings. The SMILES string of the molecule is CCCc1ccc(C2(C(N)=O)CCCCC2)cc1. The predicted molar refractivity (Wildman–Crippen MR) is 74.4 cm³/mol. The number of carbonyl (C=O) groups is 1. The molecule has 2 rings (SSSR count). The highest BCUT2D eigenvalue weighted by atomic mass is 16.1. The van der Waals surface area contributed by atoms with Gasteiger partial charge in [0.25, 0.3) is 0 Å². The van der Waals surface area contributed by atoms with Crippen molar-refractivity contribution in [1.29, 1.82) is 0 Å². The molecule has 0 spiro atoms. The van der Waals surface area contributed by atoms with Crippen LogP contribution in [0.5, 0.6) is 0 Å². The van der Waals surface area contributed by atoms with E-state index >= 15 is 0 Å². The third-order valence-corrected chi connectivity index (χ3v) is 4.22. The van der Waals surface area contributed by atoms with Crippen molar-refractivity contribution in [2.45, 2.75) is 57.3 Å². The van der Waals surface area contributed by atoms with Gasteiger partial charge in [0, 0.05) is 0 Å². The quantitative estimate of drug-likeness (QED) is 0.868. The van der Waals surface area contributed by atoms with Crippen LogP contribution in [0.15, 0.2) is 24.3 Å². The van der Waals surface area contributed by atoms with E-state index in [1.165, 1.54) is 12.0 Å². The molecule has 98 valence electrons. The minimum Gasteiger partial charge on any atom is -0.369 e. The predicted octanol–water partition coefficient (Wildman–Crippen LogP) is 3.33. The van der Waals surface area contributed by atoms with Crippen molar-refractivity contribution in [2.75, 3.05) is 0 Å². The van der Waals surface area contributed by atoms with Crippen LogP contribution in [0.2, 0.25) is 0 Å². The molecule has 1 aliphatic carbocycles. The zero-order chi connectivity index (χ0) is 13.0. The number of carbonyl (C=O) groups excluding carboxylic acids is 1. The number of amides is 1. The fourth-order valence-corrected chi connectivity index (χ4v) is 3.11. The van der Waals surface area contributed by atoms with Gasteiger partial charge in [-0.2, -0.15) is 0 Å². The van der Waals surface area contributed by atoms with Gasteiger partial charge in [-0.1, -0.05) is 56.9 Å². The summed E-state index contributed by atoms with van der Waals surface area (Å²) in [4.78, 5) is 11.9. The maximum Gasteiger partial charge on any atom is 0.228 e. The van der Waals surface area contributed by atoms with Crippen molar-refractivity contribution in [3.8, 4) is 0 Å². The second-order valence-corrected chi connectivity index (χ2v) is 5.45. The number of nitrogens with two attached hydrogens (primary N) is 1. The third kappa shape index (κ3) is 2.43. The van der Waals surface area contributed by atoms with Gasteiger partial charge in [-0.15, -0.1) is 0 Å². The van der Waals surface area contributed by atoms with E-state index in [4.69, 9.17) is 5.73 Å². The van der Waals surface area contributed by atoms with E-state index in [1.54, 1.807) is 0 Å². The summed E-state index contributed by atoms with van der Waals surface area (Å²) in [6, 6.07) is 8.53. The minimum atomic E-state index is -0.400. The molecule has 1 saturated carbocycles. The first-order valence-electron chi connectivity index (χ1n) is 7.08. The molecule has 2 nitrogen and oxygen atoms in total. The summed E-state index contributed by atoms with van der Waals surface area (Å²) >= 11 is 0. The van der Waals surface area contributed by atoms with Crippen molar-refractivity contribution in [3.63, 3.8) is 0 Å². The van der Waals surface area contributed by atoms with Gasteiger partial charge < -0.3 is 5.73 Å². The summed E-state index contributed by atoms with van der Waals surface area (Å²) in [6.07, 6.45) is 7.53. The Bertz CT molecular complexity index is 402. The number of benzene rings is 1. The van der Waals surface area contributed by atoms with Crippen molar-refractivity contribution < 1.29 is 4.79 Å². The average molecular weight is 245 g/mol. The van der Waals surface area contributed by atoms with Gasteiger partial charge in [-0.25, -0.2) is 0 Å². The van der Waals surface area contributed by atoms with Gasteiger partial charge in [-0.3, -0.25) is 4.79 Å². The maximum atomic E-state index is 11.9. The molecule has 0 aromatic heterocycles. The minimum absolute atomic E-state index is 0.148. The molecule has 1 aromatic carbocycles. The molecule has 0 heterocycles. The zero-order valence-corrected chi connectivity index (χ0v) is 11.2. The molecule has 1 amide bonds. The summed E-state index contributed by atoms with van der Waals surface area (Å²) in [6.45, 7) is 2.18. The first-order valence-corrected chi connectivity index (χ1v) is 7.08. The van der Waals surface area contributed by atoms with E-state index in [0.29, 0.717) is 0 Å². The van der Waals surface area contributed by atoms with Crippen LogP contribution in [0.4, 0.5) is 0 Å². The monoisotopic (exact) mass is 245 g/mol. The second-order valence-electron chi connectivity index (χ2n) is 5.45. The van der Waals surface area contributed by atoms with Crippen LogP contribution in [-0.2, 0) is 16.6 Å². The molecule has 2 N–H and O–H groups in total. The fraction of sp³-hybridized carbons (Fsp3) is 0.562. The highest BCUT2D eigenvalue weighted by Gasteiger charge is 2.39. The van der Waals surface area contributed by atoms with Crippen LogP contribution < -0.4 is 5.73 Å². The van der Waals surface area contributed by atoms with E-state index in [0.717, 1.165) is 44.1 Å². The van der Waals surface area contributed by atoms with Gasteiger partial charge in [0.2, 0.25) is 5.91 Å². The van der Waals surface area contributed by atoms with E-state index in [1.807, 2.05) is 0 Å². The van der Waals surface area contributed by atoms with Crippen molar-refractivity contribution in [1.82, 2.24) is 0 Å². The summed E-state index contributed by atoms with van der Waals surface area (Å²) in [5.74, 6) is -0.148. The molecule has 0 bridgehead atoms. The van der Waals surface area contributed by atoms with Gasteiger partial charge in [0.15, 0.2) is 0 Å². The molecule has 0 saturated heterocycles. The smallest absolute Gasteiger partial charge is 0.228 e. The Hall–Kier alpha value is -1.31. The lowest BCUT2D eigenvalue weighted by molar-refractivity contribution is -0.124. The Morgan fingerprint density at radius 2 is 1.78 bits per heavy atom. The Labute approximate surface area is 110 Å². The molecule has 18 heavy (non-hydrogen) atoms. The third-order valence-electron chi connectivity index (χ3n) is 4.22. The van der Waals surface area contributed by atoms with Gasteiger partial charge >= 0.3 is 0 Å². The first-order chi connectivity index (χ1) is 8.69. The molecule has 0 atom stereocenters. The first kappa shape index (κ1) is 13.1. The number of hydrogen-bond donors (Lipinski definition) is 1. The Kier molecular flexibility index (Phi) is 4.05. The Morgan fingerprint density at radius 3 is 2.28 bits per heavy atom.